The van der Waals surface area contributed by atoms with Gasteiger partial charge in [-0.05, 0) is 61.4 Å². The predicted octanol–water partition coefficient (Wildman–Crippen LogP) is 4.99. The number of nitrogens with one attached hydrogen (secondary N) is 2. The first-order valence-corrected chi connectivity index (χ1v) is 10.7. The monoisotopic (exact) mass is 420 g/mol. The summed E-state index contributed by atoms with van der Waals surface area (Å²) in [5.74, 6) is 0.847. The highest BCUT2D eigenvalue weighted by Crippen LogP contribution is 2.29. The fourth-order valence-corrected chi connectivity index (χ4v) is 3.77. The van der Waals surface area contributed by atoms with Crippen molar-refractivity contribution in [2.45, 2.75) is 26.9 Å². The van der Waals surface area contributed by atoms with Crippen molar-refractivity contribution >= 4 is 11.0 Å². The lowest BCUT2D eigenvalue weighted by Crippen LogP contribution is -2.14. The molecule has 2 N–H and O–H groups in total. The number of aryl methyl sites for hydroxylation is 2. The van der Waals surface area contributed by atoms with E-state index in [4.69, 9.17) is 15.0 Å². The third kappa shape index (κ3) is 4.13. The smallest absolute Gasteiger partial charge is 0.121 e. The maximum absolute atomic E-state index is 4.90. The molecule has 158 valence electrons. The van der Waals surface area contributed by atoms with Crippen LogP contribution in [0.4, 0.5) is 0 Å². The van der Waals surface area contributed by atoms with Gasteiger partial charge in [0, 0.05) is 18.4 Å². The Morgan fingerprint density at radius 1 is 0.750 bits per heavy atom. The van der Waals surface area contributed by atoms with Crippen molar-refractivity contribution in [1.29, 1.82) is 0 Å². The molecule has 0 spiro atoms. The molecule has 5 aromatic rings. The molecule has 5 rings (SSSR count). The molecule has 0 aliphatic carbocycles. The molecule has 4 heterocycles. The number of pyridine rings is 3. The maximum Gasteiger partial charge on any atom is 0.121 e. The topological polar surface area (TPSA) is 79.4 Å². The van der Waals surface area contributed by atoms with E-state index in [2.05, 4.69) is 46.5 Å². The third-order valence-electron chi connectivity index (χ3n) is 5.47. The second-order valence-electron chi connectivity index (χ2n) is 7.84. The lowest BCUT2D eigenvalue weighted by molar-refractivity contribution is 0.667. The largest absolute Gasteiger partial charge is 0.339 e. The molecular weight excluding hydrogens is 396 g/mol. The summed E-state index contributed by atoms with van der Waals surface area (Å²) in [6, 6.07) is 22.2. The Kier molecular flexibility index (Phi) is 5.44. The SMILES string of the molecule is Cc1cccc(-c2nc(CNCc3ccccc3C)[nH]c2-c2ccc3ncccc3n2)n1. The Morgan fingerprint density at radius 2 is 1.66 bits per heavy atom. The number of aromatic amines is 1. The van der Waals surface area contributed by atoms with Crippen LogP contribution in [0.5, 0.6) is 0 Å². The number of benzene rings is 1. The summed E-state index contributed by atoms with van der Waals surface area (Å²) in [7, 11) is 0. The van der Waals surface area contributed by atoms with Gasteiger partial charge in [-0.2, -0.15) is 0 Å². The molecule has 0 fully saturated rings. The Hall–Kier alpha value is -3.90. The second-order valence-corrected chi connectivity index (χ2v) is 7.84. The van der Waals surface area contributed by atoms with E-state index < -0.39 is 0 Å². The Morgan fingerprint density at radius 3 is 2.53 bits per heavy atom. The van der Waals surface area contributed by atoms with Crippen molar-refractivity contribution in [1.82, 2.24) is 30.2 Å². The van der Waals surface area contributed by atoms with Gasteiger partial charge in [0.25, 0.3) is 0 Å². The molecule has 32 heavy (non-hydrogen) atoms. The number of hydrogen-bond acceptors (Lipinski definition) is 5. The number of aromatic nitrogens is 5. The molecule has 0 aliphatic heterocycles. The number of nitrogens with zero attached hydrogens (tertiary/aromatic N) is 4. The van der Waals surface area contributed by atoms with Crippen LogP contribution in [0.1, 0.15) is 22.6 Å². The fourth-order valence-electron chi connectivity index (χ4n) is 3.77. The molecule has 0 bridgehead atoms. The van der Waals surface area contributed by atoms with Crippen molar-refractivity contribution in [2.24, 2.45) is 0 Å². The first-order valence-electron chi connectivity index (χ1n) is 10.7. The third-order valence-corrected chi connectivity index (χ3v) is 5.47. The van der Waals surface area contributed by atoms with E-state index >= 15 is 0 Å². The van der Waals surface area contributed by atoms with Crippen molar-refractivity contribution in [3.05, 3.63) is 95.6 Å². The molecule has 0 amide bonds. The maximum atomic E-state index is 4.90. The highest BCUT2D eigenvalue weighted by atomic mass is 15.0. The molecular formula is C26H24N6. The van der Waals surface area contributed by atoms with Gasteiger partial charge in [-0.25, -0.2) is 9.97 Å². The average Bonchev–Trinajstić information content (AvgIpc) is 3.24. The average molecular weight is 421 g/mol. The minimum absolute atomic E-state index is 0.613. The van der Waals surface area contributed by atoms with Gasteiger partial charge in [0.2, 0.25) is 0 Å². The molecule has 6 nitrogen and oxygen atoms in total. The molecule has 0 atom stereocenters. The van der Waals surface area contributed by atoms with Gasteiger partial charge in [0.15, 0.2) is 0 Å². The number of H-pyrrole nitrogens is 1. The van der Waals surface area contributed by atoms with E-state index in [-0.39, 0.29) is 0 Å². The zero-order chi connectivity index (χ0) is 21.9. The van der Waals surface area contributed by atoms with Crippen LogP contribution < -0.4 is 5.32 Å². The first-order chi connectivity index (χ1) is 15.7. The zero-order valence-electron chi connectivity index (χ0n) is 18.1. The molecule has 0 aliphatic rings. The van der Waals surface area contributed by atoms with Crippen LogP contribution in [0.2, 0.25) is 0 Å². The molecule has 0 radical (unpaired) electrons. The van der Waals surface area contributed by atoms with Crippen LogP contribution in [-0.2, 0) is 13.1 Å². The summed E-state index contributed by atoms with van der Waals surface area (Å²) < 4.78 is 0. The van der Waals surface area contributed by atoms with Crippen molar-refractivity contribution < 1.29 is 0 Å². The van der Waals surface area contributed by atoms with Gasteiger partial charge in [0.1, 0.15) is 11.5 Å². The van der Waals surface area contributed by atoms with Crippen LogP contribution in [0.3, 0.4) is 0 Å². The number of fused-ring (bicyclic) bond motifs is 1. The Bertz CT molecular complexity index is 1390. The van der Waals surface area contributed by atoms with Crippen LogP contribution in [0.15, 0.2) is 72.9 Å². The molecule has 0 saturated carbocycles. The van der Waals surface area contributed by atoms with E-state index in [0.29, 0.717) is 6.54 Å². The number of imidazole rings is 1. The van der Waals surface area contributed by atoms with Crippen molar-refractivity contribution in [3.63, 3.8) is 0 Å². The predicted molar refractivity (Wildman–Crippen MR) is 127 cm³/mol. The minimum Gasteiger partial charge on any atom is -0.339 e. The number of rotatable bonds is 6. The summed E-state index contributed by atoms with van der Waals surface area (Å²) in [4.78, 5) is 22.3. The normalized spacial score (nSPS) is 11.2. The summed E-state index contributed by atoms with van der Waals surface area (Å²) >= 11 is 0. The fraction of sp³-hybridized carbons (Fsp3) is 0.154. The second kappa shape index (κ2) is 8.69. The van der Waals surface area contributed by atoms with E-state index in [0.717, 1.165) is 51.9 Å². The van der Waals surface area contributed by atoms with E-state index in [1.165, 1.54) is 11.1 Å². The van der Waals surface area contributed by atoms with Crippen LogP contribution in [0.25, 0.3) is 33.8 Å². The van der Waals surface area contributed by atoms with Gasteiger partial charge in [-0.3, -0.25) is 9.97 Å². The summed E-state index contributed by atoms with van der Waals surface area (Å²) in [6.07, 6.45) is 1.78. The number of hydrogen-bond donors (Lipinski definition) is 2. The summed E-state index contributed by atoms with van der Waals surface area (Å²) in [6.45, 7) is 5.51. The molecule has 1 aromatic carbocycles. The summed E-state index contributed by atoms with van der Waals surface area (Å²) in [5, 5.41) is 3.50. The van der Waals surface area contributed by atoms with Crippen LogP contribution in [-0.4, -0.2) is 24.9 Å². The Balaban J connectivity index is 1.49. The van der Waals surface area contributed by atoms with E-state index in [1.54, 1.807) is 6.20 Å². The molecule has 0 unspecified atom stereocenters. The van der Waals surface area contributed by atoms with Crippen molar-refractivity contribution in [2.75, 3.05) is 0 Å². The first kappa shape index (κ1) is 20.0. The highest BCUT2D eigenvalue weighted by Gasteiger charge is 2.17. The van der Waals surface area contributed by atoms with Gasteiger partial charge < -0.3 is 10.3 Å². The van der Waals surface area contributed by atoms with Gasteiger partial charge in [-0.1, -0.05) is 30.3 Å². The molecule has 0 saturated heterocycles. The summed E-state index contributed by atoms with van der Waals surface area (Å²) in [5.41, 5.74) is 8.54. The lowest BCUT2D eigenvalue weighted by atomic mass is 10.1. The molecule has 4 aromatic heterocycles. The van der Waals surface area contributed by atoms with Crippen LogP contribution in [0, 0.1) is 13.8 Å². The van der Waals surface area contributed by atoms with Gasteiger partial charge in [0.05, 0.1) is 34.7 Å². The lowest BCUT2D eigenvalue weighted by Gasteiger charge is -2.06. The standard InChI is InChI=1S/C26H24N6/c1-17-7-3-4-9-19(17)15-27-16-24-31-25(22-10-5-8-18(2)29-22)26(32-24)23-13-12-20-21(30-23)11-6-14-28-20/h3-14,27H,15-16H2,1-2H3,(H,31,32). The van der Waals surface area contributed by atoms with Gasteiger partial charge >= 0.3 is 0 Å². The zero-order valence-corrected chi connectivity index (χ0v) is 18.1. The van der Waals surface area contributed by atoms with E-state index in [1.807, 2.05) is 49.4 Å². The Labute approximate surface area is 186 Å². The quantitative estimate of drug-likeness (QED) is 0.405. The van der Waals surface area contributed by atoms with Crippen molar-refractivity contribution in [3.8, 4) is 22.8 Å². The van der Waals surface area contributed by atoms with Gasteiger partial charge in [-0.15, -0.1) is 0 Å². The minimum atomic E-state index is 0.613. The highest BCUT2D eigenvalue weighted by molar-refractivity contribution is 5.81. The van der Waals surface area contributed by atoms with Crippen LogP contribution >= 0.6 is 0 Å². The van der Waals surface area contributed by atoms with E-state index in [9.17, 15) is 0 Å². The molecule has 6 heteroatoms.